The lowest BCUT2D eigenvalue weighted by molar-refractivity contribution is -0.142. The number of anilines is 1. The van der Waals surface area contributed by atoms with Crippen molar-refractivity contribution in [3.05, 3.63) is 29.3 Å². The molecule has 1 unspecified atom stereocenters. The number of carbonyl (C=O) groups excluding carboxylic acids is 5. The fourth-order valence-corrected chi connectivity index (χ4v) is 6.68. The fraction of sp³-hybridized carbons (Fsp3) is 0.607. The van der Waals surface area contributed by atoms with E-state index >= 15 is 0 Å². The van der Waals surface area contributed by atoms with Gasteiger partial charge in [0.25, 0.3) is 11.8 Å². The lowest BCUT2D eigenvalue weighted by Crippen LogP contribution is -2.79. The van der Waals surface area contributed by atoms with Crippen LogP contribution in [0, 0.1) is 0 Å². The highest BCUT2D eigenvalue weighted by atomic mass is 16.6. The van der Waals surface area contributed by atoms with Crippen LogP contribution in [0.25, 0.3) is 0 Å². The van der Waals surface area contributed by atoms with Gasteiger partial charge < -0.3 is 14.5 Å². The molecule has 1 N–H and O–H groups in total. The minimum absolute atomic E-state index is 0.0730. The van der Waals surface area contributed by atoms with E-state index in [1.807, 2.05) is 26.8 Å². The lowest BCUT2D eigenvalue weighted by Gasteiger charge is -2.65. The van der Waals surface area contributed by atoms with Crippen molar-refractivity contribution in [3.63, 3.8) is 0 Å². The molecule has 1 atom stereocenters. The average Bonchev–Trinajstić information content (AvgIpc) is 3.06. The summed E-state index contributed by atoms with van der Waals surface area (Å²) < 4.78 is 5.52. The summed E-state index contributed by atoms with van der Waals surface area (Å²) in [6, 6.07) is 4.78. The number of benzene rings is 1. The maximum atomic E-state index is 13.2. The van der Waals surface area contributed by atoms with Crippen molar-refractivity contribution in [1.29, 1.82) is 0 Å². The normalized spacial score (nSPS) is 25.4. The SMILES string of the molecule is CC(C)(C)OC(=O)N1CC2(CCN2C2CCN(c3ccc4c(c3)C(=O)N(C3CCC(=O)NC3=O)C4=O)CC2)C1. The van der Waals surface area contributed by atoms with E-state index in [-0.39, 0.29) is 30.4 Å². The topological polar surface area (TPSA) is 120 Å². The van der Waals surface area contributed by atoms with Gasteiger partial charge in [0.05, 0.1) is 16.7 Å². The number of amides is 5. The van der Waals surface area contributed by atoms with E-state index in [1.165, 1.54) is 0 Å². The van der Waals surface area contributed by atoms with Gasteiger partial charge in [-0.2, -0.15) is 0 Å². The second kappa shape index (κ2) is 9.04. The van der Waals surface area contributed by atoms with Gasteiger partial charge in [-0.05, 0) is 64.7 Å². The van der Waals surface area contributed by atoms with Gasteiger partial charge in [0.1, 0.15) is 11.6 Å². The summed E-state index contributed by atoms with van der Waals surface area (Å²) in [5, 5.41) is 2.23. The third kappa shape index (κ3) is 4.36. The molecule has 39 heavy (non-hydrogen) atoms. The van der Waals surface area contributed by atoms with Gasteiger partial charge in [-0.3, -0.25) is 34.3 Å². The molecule has 5 aliphatic rings. The standard InChI is InChI=1S/C28H35N5O6/c1-27(2,3)39-26(38)31-15-28(16-31)10-13-32(28)17-8-11-30(12-9-17)18-4-5-19-20(14-18)25(37)33(24(19)36)21-6-7-22(34)29-23(21)35/h4-5,14,17,21H,6-13,15-16H2,1-3H3,(H,29,34,35). The summed E-state index contributed by atoms with van der Waals surface area (Å²) in [5.74, 6) is -1.96. The molecule has 0 saturated carbocycles. The van der Waals surface area contributed by atoms with Crippen LogP contribution in [0.4, 0.5) is 10.5 Å². The van der Waals surface area contributed by atoms with Gasteiger partial charge in [-0.15, -0.1) is 0 Å². The molecule has 0 aliphatic carbocycles. The van der Waals surface area contributed by atoms with Crippen LogP contribution in [0.1, 0.15) is 73.6 Å². The first kappa shape index (κ1) is 25.8. The predicted octanol–water partition coefficient (Wildman–Crippen LogP) is 1.75. The second-order valence-corrected chi connectivity index (χ2v) is 12.4. The number of rotatable bonds is 3. The molecular weight excluding hydrogens is 502 g/mol. The molecular formula is C28H35N5O6. The van der Waals surface area contributed by atoms with E-state index in [0.717, 1.165) is 49.5 Å². The second-order valence-electron chi connectivity index (χ2n) is 12.4. The molecule has 11 heteroatoms. The van der Waals surface area contributed by atoms with E-state index in [1.54, 1.807) is 17.0 Å². The van der Waals surface area contributed by atoms with Crippen LogP contribution in [-0.2, 0) is 14.3 Å². The molecule has 0 radical (unpaired) electrons. The first-order valence-corrected chi connectivity index (χ1v) is 13.8. The Labute approximate surface area is 227 Å². The highest BCUT2D eigenvalue weighted by molar-refractivity contribution is 6.23. The number of hydrogen-bond acceptors (Lipinski definition) is 8. The Morgan fingerprint density at radius 1 is 0.974 bits per heavy atom. The maximum absolute atomic E-state index is 13.2. The average molecular weight is 538 g/mol. The molecule has 0 aromatic heterocycles. The van der Waals surface area contributed by atoms with Crippen LogP contribution in [0.5, 0.6) is 0 Å². The number of nitrogens with zero attached hydrogens (tertiary/aromatic N) is 4. The number of hydrogen-bond donors (Lipinski definition) is 1. The third-order valence-corrected chi connectivity index (χ3v) is 8.74. The molecule has 5 aliphatic heterocycles. The van der Waals surface area contributed by atoms with Crippen molar-refractivity contribution in [3.8, 4) is 0 Å². The molecule has 6 rings (SSSR count). The van der Waals surface area contributed by atoms with Crippen LogP contribution in [0.15, 0.2) is 18.2 Å². The van der Waals surface area contributed by atoms with Crippen LogP contribution >= 0.6 is 0 Å². The largest absolute Gasteiger partial charge is 0.444 e. The van der Waals surface area contributed by atoms with Crippen LogP contribution in [0.3, 0.4) is 0 Å². The highest BCUT2D eigenvalue weighted by Crippen LogP contribution is 2.43. The minimum atomic E-state index is -0.962. The Morgan fingerprint density at radius 2 is 1.67 bits per heavy atom. The number of piperidine rings is 2. The van der Waals surface area contributed by atoms with Crippen molar-refractivity contribution >= 4 is 35.4 Å². The summed E-state index contributed by atoms with van der Waals surface area (Å²) in [7, 11) is 0. The third-order valence-electron chi connectivity index (χ3n) is 8.74. The molecule has 0 bridgehead atoms. The zero-order chi connectivity index (χ0) is 27.7. The molecule has 11 nitrogen and oxygen atoms in total. The van der Waals surface area contributed by atoms with E-state index in [4.69, 9.17) is 4.74 Å². The molecule has 1 aromatic carbocycles. The van der Waals surface area contributed by atoms with Crippen LogP contribution in [-0.4, -0.2) is 100 Å². The van der Waals surface area contributed by atoms with E-state index in [2.05, 4.69) is 15.1 Å². The zero-order valence-electron chi connectivity index (χ0n) is 22.7. The fourth-order valence-electron chi connectivity index (χ4n) is 6.68. The van der Waals surface area contributed by atoms with Crippen LogP contribution in [0.2, 0.25) is 0 Å². The molecule has 5 amide bonds. The molecule has 1 aromatic rings. The van der Waals surface area contributed by atoms with Gasteiger partial charge in [0.15, 0.2) is 0 Å². The quantitative estimate of drug-likeness (QED) is 0.580. The molecule has 4 fully saturated rings. The van der Waals surface area contributed by atoms with Gasteiger partial charge in [-0.1, -0.05) is 0 Å². The Kier molecular flexibility index (Phi) is 5.98. The summed E-state index contributed by atoms with van der Waals surface area (Å²) in [4.78, 5) is 70.1. The first-order valence-electron chi connectivity index (χ1n) is 13.8. The summed E-state index contributed by atoms with van der Waals surface area (Å²) in [6.45, 7) is 9.76. The van der Waals surface area contributed by atoms with E-state index in [9.17, 15) is 24.0 Å². The molecule has 208 valence electrons. The lowest BCUT2D eigenvalue weighted by atomic mass is 9.75. The minimum Gasteiger partial charge on any atom is -0.444 e. The van der Waals surface area contributed by atoms with Crippen molar-refractivity contribution in [2.75, 3.05) is 37.6 Å². The van der Waals surface area contributed by atoms with Crippen molar-refractivity contribution in [2.45, 2.75) is 76.1 Å². The Morgan fingerprint density at radius 3 is 2.28 bits per heavy atom. The number of imide groups is 2. The van der Waals surface area contributed by atoms with Gasteiger partial charge in [0, 0.05) is 50.9 Å². The summed E-state index contributed by atoms with van der Waals surface area (Å²) in [6.07, 6.45) is 3.04. The smallest absolute Gasteiger partial charge is 0.410 e. The van der Waals surface area contributed by atoms with Crippen molar-refractivity contribution in [2.24, 2.45) is 0 Å². The maximum Gasteiger partial charge on any atom is 0.410 e. The molecule has 1 spiro atoms. The highest BCUT2D eigenvalue weighted by Gasteiger charge is 2.57. The van der Waals surface area contributed by atoms with Crippen LogP contribution < -0.4 is 10.2 Å². The number of ether oxygens (including phenoxy) is 1. The Hall–Kier alpha value is -3.47. The number of fused-ring (bicyclic) bond motifs is 1. The monoisotopic (exact) mass is 537 g/mol. The molecule has 5 heterocycles. The number of likely N-dealkylation sites (tertiary alicyclic amines) is 2. The van der Waals surface area contributed by atoms with E-state index < -0.39 is 29.4 Å². The molecule has 4 saturated heterocycles. The van der Waals surface area contributed by atoms with E-state index in [0.29, 0.717) is 30.3 Å². The summed E-state index contributed by atoms with van der Waals surface area (Å²) in [5.41, 5.74) is 1.07. The summed E-state index contributed by atoms with van der Waals surface area (Å²) >= 11 is 0. The number of nitrogens with one attached hydrogen (secondary N) is 1. The van der Waals surface area contributed by atoms with Crippen molar-refractivity contribution < 1.29 is 28.7 Å². The predicted molar refractivity (Wildman–Crippen MR) is 140 cm³/mol. The zero-order valence-corrected chi connectivity index (χ0v) is 22.7. The Balaban J connectivity index is 1.07. The van der Waals surface area contributed by atoms with Crippen molar-refractivity contribution in [1.82, 2.24) is 20.0 Å². The number of carbonyl (C=O) groups is 5. The van der Waals surface area contributed by atoms with Gasteiger partial charge in [0.2, 0.25) is 11.8 Å². The van der Waals surface area contributed by atoms with Gasteiger partial charge in [-0.25, -0.2) is 4.79 Å². The first-order chi connectivity index (χ1) is 18.5. The van der Waals surface area contributed by atoms with Gasteiger partial charge >= 0.3 is 6.09 Å². The Bertz CT molecular complexity index is 1260.